The number of pyridine rings is 1. The fourth-order valence-electron chi connectivity index (χ4n) is 3.78. The van der Waals surface area contributed by atoms with E-state index >= 15 is 0 Å². The van der Waals surface area contributed by atoms with E-state index < -0.39 is 17.7 Å². The summed E-state index contributed by atoms with van der Waals surface area (Å²) in [5.74, 6) is 0.249. The van der Waals surface area contributed by atoms with Crippen LogP contribution in [0, 0.1) is 12.8 Å². The Morgan fingerprint density at radius 1 is 1.15 bits per heavy atom. The molecule has 7 nitrogen and oxygen atoms in total. The number of ether oxygens (including phenoxy) is 1. The number of carbonyl (C=O) groups is 2. The SMILES string of the molecule is Cc1ccc(C2/C(=C(/O)c3cccc(OCC(C)C)c3)C(=O)C(=O)N2Cc2ccncc2)o1. The van der Waals surface area contributed by atoms with Gasteiger partial charge >= 0.3 is 0 Å². The predicted molar refractivity (Wildman–Crippen MR) is 122 cm³/mol. The van der Waals surface area contributed by atoms with Crippen molar-refractivity contribution in [1.82, 2.24) is 9.88 Å². The second-order valence-electron chi connectivity index (χ2n) is 8.46. The number of nitrogens with zero attached hydrogens (tertiary/aromatic N) is 2. The second kappa shape index (κ2) is 9.32. The minimum absolute atomic E-state index is 0.00980. The molecule has 1 N–H and O–H groups in total. The minimum Gasteiger partial charge on any atom is -0.507 e. The lowest BCUT2D eigenvalue weighted by Gasteiger charge is -2.23. The van der Waals surface area contributed by atoms with E-state index in [0.29, 0.717) is 35.4 Å². The summed E-state index contributed by atoms with van der Waals surface area (Å²) in [5.41, 5.74) is 1.19. The van der Waals surface area contributed by atoms with Gasteiger partial charge in [-0.25, -0.2) is 0 Å². The van der Waals surface area contributed by atoms with Gasteiger partial charge in [0.1, 0.15) is 29.1 Å². The van der Waals surface area contributed by atoms with Crippen molar-refractivity contribution in [3.8, 4) is 5.75 Å². The first kappa shape index (κ1) is 22.3. The van der Waals surface area contributed by atoms with Crippen molar-refractivity contribution in [2.45, 2.75) is 33.4 Å². The largest absolute Gasteiger partial charge is 0.507 e. The second-order valence-corrected chi connectivity index (χ2v) is 8.46. The van der Waals surface area contributed by atoms with Gasteiger partial charge in [-0.2, -0.15) is 0 Å². The molecule has 0 radical (unpaired) electrons. The Hall–Kier alpha value is -3.87. The Morgan fingerprint density at radius 2 is 1.91 bits per heavy atom. The molecule has 1 amide bonds. The molecular weight excluding hydrogens is 420 g/mol. The molecule has 0 aliphatic carbocycles. The molecule has 1 unspecified atom stereocenters. The summed E-state index contributed by atoms with van der Waals surface area (Å²) in [6, 6.07) is 13.1. The van der Waals surface area contributed by atoms with E-state index in [1.807, 2.05) is 13.8 Å². The minimum atomic E-state index is -0.855. The van der Waals surface area contributed by atoms with Gasteiger partial charge in [-0.15, -0.1) is 0 Å². The zero-order valence-corrected chi connectivity index (χ0v) is 18.8. The molecule has 1 aliphatic rings. The topological polar surface area (TPSA) is 92.9 Å². The van der Waals surface area contributed by atoms with Gasteiger partial charge < -0.3 is 19.2 Å². The Balaban J connectivity index is 1.78. The number of rotatable bonds is 7. The van der Waals surface area contributed by atoms with E-state index in [9.17, 15) is 14.7 Å². The van der Waals surface area contributed by atoms with Gasteiger partial charge in [0.05, 0.1) is 12.2 Å². The van der Waals surface area contributed by atoms with Crippen molar-refractivity contribution in [3.63, 3.8) is 0 Å². The van der Waals surface area contributed by atoms with E-state index in [1.165, 1.54) is 4.90 Å². The molecule has 0 bridgehead atoms. The number of hydrogen-bond donors (Lipinski definition) is 1. The molecule has 3 aromatic rings. The summed E-state index contributed by atoms with van der Waals surface area (Å²) in [6.07, 6.45) is 3.25. The van der Waals surface area contributed by atoms with Crippen LogP contribution in [-0.4, -0.2) is 33.3 Å². The summed E-state index contributed by atoms with van der Waals surface area (Å²) in [7, 11) is 0. The first-order chi connectivity index (χ1) is 15.8. The van der Waals surface area contributed by atoms with Crippen LogP contribution in [0.2, 0.25) is 0 Å². The summed E-state index contributed by atoms with van der Waals surface area (Å²) < 4.78 is 11.6. The molecule has 0 spiro atoms. The molecule has 1 atom stereocenters. The van der Waals surface area contributed by atoms with E-state index in [0.717, 1.165) is 5.56 Å². The normalized spacial score (nSPS) is 17.7. The molecular formula is C26H26N2O5. The van der Waals surface area contributed by atoms with Gasteiger partial charge in [0.2, 0.25) is 0 Å². The number of Topliss-reactive ketones (excluding diaryl/α,β-unsaturated/α-hetero) is 1. The number of carbonyl (C=O) groups excluding carboxylic acids is 2. The highest BCUT2D eigenvalue weighted by atomic mass is 16.5. The molecule has 1 saturated heterocycles. The predicted octanol–water partition coefficient (Wildman–Crippen LogP) is 4.64. The van der Waals surface area contributed by atoms with Crippen molar-refractivity contribution < 1.29 is 23.8 Å². The van der Waals surface area contributed by atoms with Crippen molar-refractivity contribution in [2.75, 3.05) is 6.61 Å². The van der Waals surface area contributed by atoms with Crippen molar-refractivity contribution in [3.05, 3.63) is 89.1 Å². The van der Waals surface area contributed by atoms with Crippen molar-refractivity contribution in [1.29, 1.82) is 0 Å². The monoisotopic (exact) mass is 446 g/mol. The average Bonchev–Trinajstić information content (AvgIpc) is 3.34. The van der Waals surface area contributed by atoms with Crippen LogP contribution >= 0.6 is 0 Å². The first-order valence-corrected chi connectivity index (χ1v) is 10.8. The average molecular weight is 447 g/mol. The van der Waals surface area contributed by atoms with Gasteiger partial charge in [0.15, 0.2) is 0 Å². The van der Waals surface area contributed by atoms with Crippen LogP contribution in [0.15, 0.2) is 70.9 Å². The number of ketones is 1. The van der Waals surface area contributed by atoms with Gasteiger partial charge in [-0.3, -0.25) is 14.6 Å². The van der Waals surface area contributed by atoms with Crippen molar-refractivity contribution >= 4 is 17.4 Å². The van der Waals surface area contributed by atoms with Crippen LogP contribution in [0.3, 0.4) is 0 Å². The Morgan fingerprint density at radius 3 is 2.58 bits per heavy atom. The van der Waals surface area contributed by atoms with Crippen LogP contribution in [-0.2, 0) is 16.1 Å². The maximum Gasteiger partial charge on any atom is 0.296 e. The molecule has 3 heterocycles. The zero-order valence-electron chi connectivity index (χ0n) is 18.8. The summed E-state index contributed by atoms with van der Waals surface area (Å²) >= 11 is 0. The lowest BCUT2D eigenvalue weighted by Crippen LogP contribution is -2.29. The molecule has 2 aromatic heterocycles. The highest BCUT2D eigenvalue weighted by Gasteiger charge is 2.47. The fraction of sp³-hybridized carbons (Fsp3) is 0.269. The number of amides is 1. The van der Waals surface area contributed by atoms with Gasteiger partial charge in [0.25, 0.3) is 11.7 Å². The summed E-state index contributed by atoms with van der Waals surface area (Å²) in [5, 5.41) is 11.2. The molecule has 4 rings (SSSR count). The standard InChI is InChI=1S/C26H26N2O5/c1-16(2)15-32-20-6-4-5-19(13-20)24(29)22-23(21-8-7-17(3)33-21)28(26(31)25(22)30)14-18-9-11-27-12-10-18/h4-13,16,23,29H,14-15H2,1-3H3/b24-22-. The van der Waals surface area contributed by atoms with Crippen molar-refractivity contribution in [2.24, 2.45) is 5.92 Å². The van der Waals surface area contributed by atoms with Gasteiger partial charge in [-0.05, 0) is 54.8 Å². The molecule has 0 saturated carbocycles. The highest BCUT2D eigenvalue weighted by molar-refractivity contribution is 6.46. The third-order valence-electron chi connectivity index (χ3n) is 5.36. The number of aryl methyl sites for hydroxylation is 1. The van der Waals surface area contributed by atoms with Crippen LogP contribution in [0.4, 0.5) is 0 Å². The van der Waals surface area contributed by atoms with Crippen LogP contribution in [0.25, 0.3) is 5.76 Å². The summed E-state index contributed by atoms with van der Waals surface area (Å²) in [4.78, 5) is 31.6. The number of likely N-dealkylation sites (tertiary alicyclic amines) is 1. The summed E-state index contributed by atoms with van der Waals surface area (Å²) in [6.45, 7) is 6.56. The number of aromatic nitrogens is 1. The number of benzene rings is 1. The lowest BCUT2D eigenvalue weighted by molar-refractivity contribution is -0.140. The molecule has 170 valence electrons. The van der Waals surface area contributed by atoms with E-state index in [-0.39, 0.29) is 17.9 Å². The smallest absolute Gasteiger partial charge is 0.296 e. The van der Waals surface area contributed by atoms with Crippen LogP contribution in [0.1, 0.15) is 42.5 Å². The van der Waals surface area contributed by atoms with E-state index in [1.54, 1.807) is 67.8 Å². The first-order valence-electron chi connectivity index (χ1n) is 10.8. The third kappa shape index (κ3) is 4.67. The number of aliphatic hydroxyl groups excluding tert-OH is 1. The third-order valence-corrected chi connectivity index (χ3v) is 5.36. The molecule has 1 aromatic carbocycles. The molecule has 7 heteroatoms. The molecule has 33 heavy (non-hydrogen) atoms. The maximum absolute atomic E-state index is 13.1. The Labute approximate surface area is 192 Å². The number of furan rings is 1. The van der Waals surface area contributed by atoms with E-state index in [2.05, 4.69) is 4.98 Å². The van der Waals surface area contributed by atoms with Crippen LogP contribution in [0.5, 0.6) is 5.75 Å². The zero-order chi connectivity index (χ0) is 23.5. The van der Waals surface area contributed by atoms with E-state index in [4.69, 9.17) is 9.15 Å². The number of aliphatic hydroxyl groups is 1. The fourth-order valence-corrected chi connectivity index (χ4v) is 3.78. The highest BCUT2D eigenvalue weighted by Crippen LogP contribution is 2.41. The van der Waals surface area contributed by atoms with Gasteiger partial charge in [-0.1, -0.05) is 26.0 Å². The van der Waals surface area contributed by atoms with Crippen LogP contribution < -0.4 is 4.74 Å². The molecule has 1 aliphatic heterocycles. The number of hydrogen-bond acceptors (Lipinski definition) is 6. The Bertz CT molecular complexity index is 1200. The van der Waals surface area contributed by atoms with Gasteiger partial charge in [0, 0.05) is 24.5 Å². The lowest BCUT2D eigenvalue weighted by atomic mass is 9.99. The maximum atomic E-state index is 13.1. The Kier molecular flexibility index (Phi) is 6.31. The quantitative estimate of drug-likeness (QED) is 0.323. The molecule has 1 fully saturated rings.